The molecule has 0 aliphatic carbocycles. The Hall–Kier alpha value is 0.650. The van der Waals surface area contributed by atoms with E-state index in [1.54, 1.807) is 0 Å². The molecule has 0 bridgehead atoms. The highest BCUT2D eigenvalue weighted by Gasteiger charge is 2.21. The summed E-state index contributed by atoms with van der Waals surface area (Å²) < 4.78 is 6.71. The maximum Gasteiger partial charge on any atom is 0.0833 e. The Bertz CT molecular complexity index is 124. The summed E-state index contributed by atoms with van der Waals surface area (Å²) in [6, 6.07) is 0. The van der Waals surface area contributed by atoms with Crippen molar-refractivity contribution in [2.75, 3.05) is 11.0 Å². The highest BCUT2D eigenvalue weighted by molar-refractivity contribution is 14.1. The van der Waals surface area contributed by atoms with Gasteiger partial charge in [-0.2, -0.15) is 0 Å². The van der Waals surface area contributed by atoms with Crippen LogP contribution in [0.3, 0.4) is 0 Å². The minimum absolute atomic E-state index is 0.128. The largest absolute Gasteiger partial charge is 0.390 e. The maximum atomic E-state index is 9.77. The molecular formula is C10H19IO2. The van der Waals surface area contributed by atoms with Gasteiger partial charge in [-0.05, 0) is 36.5 Å². The number of hydrogen-bond acceptors (Lipinski definition) is 2. The Kier molecular flexibility index (Phi) is 6.32. The standard InChI is InChI=1S/C10H19IO2/c11-7-3-1-5-9(12)10-6-2-4-8-13-10/h9-10,12H,1-8H2. The fourth-order valence-corrected chi connectivity index (χ4v) is 2.24. The number of aliphatic hydroxyl groups is 1. The van der Waals surface area contributed by atoms with Gasteiger partial charge in [0.2, 0.25) is 0 Å². The van der Waals surface area contributed by atoms with Crippen molar-refractivity contribution in [1.82, 2.24) is 0 Å². The van der Waals surface area contributed by atoms with Crippen molar-refractivity contribution in [3.63, 3.8) is 0 Å². The minimum atomic E-state index is -0.219. The Morgan fingerprint density at radius 1 is 1.38 bits per heavy atom. The molecule has 1 N–H and O–H groups in total. The Morgan fingerprint density at radius 3 is 2.85 bits per heavy atom. The monoisotopic (exact) mass is 298 g/mol. The molecule has 2 atom stereocenters. The lowest BCUT2D eigenvalue weighted by molar-refractivity contribution is -0.0647. The van der Waals surface area contributed by atoms with Gasteiger partial charge >= 0.3 is 0 Å². The van der Waals surface area contributed by atoms with Gasteiger partial charge in [-0.1, -0.05) is 29.0 Å². The van der Waals surface area contributed by atoms with E-state index in [1.807, 2.05) is 0 Å². The van der Waals surface area contributed by atoms with Crippen molar-refractivity contribution < 1.29 is 9.84 Å². The summed E-state index contributed by atoms with van der Waals surface area (Å²) in [6.07, 6.45) is 6.59. The number of hydrogen-bond donors (Lipinski definition) is 1. The number of alkyl halides is 1. The van der Waals surface area contributed by atoms with Gasteiger partial charge in [-0.25, -0.2) is 0 Å². The summed E-state index contributed by atoms with van der Waals surface area (Å²) in [5.74, 6) is 0. The molecule has 0 saturated carbocycles. The van der Waals surface area contributed by atoms with E-state index in [1.165, 1.54) is 17.3 Å². The topological polar surface area (TPSA) is 29.5 Å². The molecular weight excluding hydrogens is 279 g/mol. The van der Waals surface area contributed by atoms with Crippen LogP contribution in [-0.4, -0.2) is 28.3 Å². The third-order valence-electron chi connectivity index (χ3n) is 2.53. The van der Waals surface area contributed by atoms with Gasteiger partial charge in [-0.3, -0.25) is 0 Å². The molecule has 1 aliphatic rings. The number of ether oxygens (including phenoxy) is 1. The highest BCUT2D eigenvalue weighted by Crippen LogP contribution is 2.18. The molecule has 0 radical (unpaired) electrons. The van der Waals surface area contributed by atoms with Gasteiger partial charge in [-0.15, -0.1) is 0 Å². The van der Waals surface area contributed by atoms with Crippen LogP contribution in [0.1, 0.15) is 38.5 Å². The molecule has 0 amide bonds. The Balaban J connectivity index is 2.09. The zero-order valence-corrected chi connectivity index (χ0v) is 10.2. The molecule has 0 aromatic rings. The molecule has 1 fully saturated rings. The van der Waals surface area contributed by atoms with Gasteiger partial charge in [0.25, 0.3) is 0 Å². The number of halogens is 1. The fraction of sp³-hybridized carbons (Fsp3) is 1.00. The zero-order valence-electron chi connectivity index (χ0n) is 8.04. The van der Waals surface area contributed by atoms with Crippen molar-refractivity contribution in [1.29, 1.82) is 0 Å². The van der Waals surface area contributed by atoms with E-state index in [9.17, 15) is 5.11 Å². The second kappa shape index (κ2) is 7.01. The molecule has 0 spiro atoms. The van der Waals surface area contributed by atoms with E-state index in [4.69, 9.17) is 4.74 Å². The molecule has 2 nitrogen and oxygen atoms in total. The van der Waals surface area contributed by atoms with Gasteiger partial charge in [0.15, 0.2) is 0 Å². The maximum absolute atomic E-state index is 9.77. The first kappa shape index (κ1) is 11.7. The third kappa shape index (κ3) is 4.61. The van der Waals surface area contributed by atoms with Crippen LogP contribution < -0.4 is 0 Å². The summed E-state index contributed by atoms with van der Waals surface area (Å²) in [5, 5.41) is 9.77. The van der Waals surface area contributed by atoms with Crippen LogP contribution in [0.5, 0.6) is 0 Å². The van der Waals surface area contributed by atoms with Crippen molar-refractivity contribution in [3.05, 3.63) is 0 Å². The molecule has 78 valence electrons. The zero-order chi connectivity index (χ0) is 9.52. The first-order chi connectivity index (χ1) is 6.34. The summed E-state index contributed by atoms with van der Waals surface area (Å²) in [6.45, 7) is 0.841. The quantitative estimate of drug-likeness (QED) is 0.480. The fourth-order valence-electron chi connectivity index (χ4n) is 1.70. The molecule has 2 unspecified atom stereocenters. The summed E-state index contributed by atoms with van der Waals surface area (Å²) >= 11 is 2.38. The van der Waals surface area contributed by atoms with Gasteiger partial charge in [0.1, 0.15) is 0 Å². The van der Waals surface area contributed by atoms with E-state index in [2.05, 4.69) is 22.6 Å². The third-order valence-corrected chi connectivity index (χ3v) is 3.29. The Morgan fingerprint density at radius 2 is 2.23 bits per heavy atom. The molecule has 1 aliphatic heterocycles. The molecule has 3 heteroatoms. The Labute approximate surface area is 94.2 Å². The molecule has 0 aromatic heterocycles. The average molecular weight is 298 g/mol. The second-order valence-electron chi connectivity index (χ2n) is 3.66. The van der Waals surface area contributed by atoms with Crippen LogP contribution in [0.15, 0.2) is 0 Å². The predicted octanol–water partition coefficient (Wildman–Crippen LogP) is 2.52. The van der Waals surface area contributed by atoms with E-state index < -0.39 is 0 Å². The number of aliphatic hydroxyl groups excluding tert-OH is 1. The van der Waals surface area contributed by atoms with Crippen molar-refractivity contribution in [2.45, 2.75) is 50.7 Å². The van der Waals surface area contributed by atoms with Crippen LogP contribution in [0.4, 0.5) is 0 Å². The molecule has 1 rings (SSSR count). The van der Waals surface area contributed by atoms with Gasteiger partial charge < -0.3 is 9.84 Å². The lowest BCUT2D eigenvalue weighted by Crippen LogP contribution is -2.32. The van der Waals surface area contributed by atoms with E-state index in [-0.39, 0.29) is 12.2 Å². The van der Waals surface area contributed by atoms with Crippen LogP contribution >= 0.6 is 22.6 Å². The summed E-state index contributed by atoms with van der Waals surface area (Å²) in [4.78, 5) is 0. The van der Waals surface area contributed by atoms with E-state index in [0.29, 0.717) is 0 Å². The van der Waals surface area contributed by atoms with Crippen LogP contribution in [-0.2, 0) is 4.74 Å². The average Bonchev–Trinajstić information content (AvgIpc) is 2.19. The molecule has 1 heterocycles. The number of unbranched alkanes of at least 4 members (excludes halogenated alkanes) is 1. The first-order valence-corrected chi connectivity index (χ1v) is 6.73. The molecule has 1 saturated heterocycles. The lowest BCUT2D eigenvalue weighted by Gasteiger charge is -2.26. The minimum Gasteiger partial charge on any atom is -0.390 e. The van der Waals surface area contributed by atoms with Gasteiger partial charge in [0.05, 0.1) is 12.2 Å². The summed E-state index contributed by atoms with van der Waals surface area (Å²) in [7, 11) is 0. The van der Waals surface area contributed by atoms with Crippen LogP contribution in [0, 0.1) is 0 Å². The van der Waals surface area contributed by atoms with Crippen molar-refractivity contribution >= 4 is 22.6 Å². The smallest absolute Gasteiger partial charge is 0.0833 e. The van der Waals surface area contributed by atoms with Crippen LogP contribution in [0.2, 0.25) is 0 Å². The SMILES string of the molecule is OC(CCCCI)C1CCCCO1. The molecule has 0 aromatic carbocycles. The highest BCUT2D eigenvalue weighted by atomic mass is 127. The van der Waals surface area contributed by atoms with Crippen molar-refractivity contribution in [3.8, 4) is 0 Å². The van der Waals surface area contributed by atoms with E-state index >= 15 is 0 Å². The normalized spacial score (nSPS) is 25.8. The van der Waals surface area contributed by atoms with Crippen molar-refractivity contribution in [2.24, 2.45) is 0 Å². The lowest BCUT2D eigenvalue weighted by atomic mass is 10.0. The van der Waals surface area contributed by atoms with Gasteiger partial charge in [0, 0.05) is 6.61 Å². The number of rotatable bonds is 5. The second-order valence-corrected chi connectivity index (χ2v) is 4.74. The predicted molar refractivity (Wildman–Crippen MR) is 62.3 cm³/mol. The first-order valence-electron chi connectivity index (χ1n) is 5.20. The summed E-state index contributed by atoms with van der Waals surface area (Å²) in [5.41, 5.74) is 0. The molecule has 13 heavy (non-hydrogen) atoms. The van der Waals surface area contributed by atoms with E-state index in [0.717, 1.165) is 32.3 Å². The van der Waals surface area contributed by atoms with Crippen LogP contribution in [0.25, 0.3) is 0 Å².